The number of halogens is 1. The summed E-state index contributed by atoms with van der Waals surface area (Å²) < 4.78 is 6.98. The molecule has 8 heteroatoms. The van der Waals surface area contributed by atoms with E-state index < -0.39 is 5.97 Å². The first kappa shape index (κ1) is 19.3. The molecule has 0 bridgehead atoms. The van der Waals surface area contributed by atoms with E-state index in [4.69, 9.17) is 16.3 Å². The van der Waals surface area contributed by atoms with Crippen LogP contribution < -0.4 is 5.32 Å². The van der Waals surface area contributed by atoms with Crippen LogP contribution in [0.15, 0.2) is 48.8 Å². The summed E-state index contributed by atoms with van der Waals surface area (Å²) >= 11 is 7.13. The van der Waals surface area contributed by atoms with Gasteiger partial charge >= 0.3 is 5.97 Å². The molecule has 3 aromatic rings. The molecule has 0 saturated heterocycles. The number of nitrogens with one attached hydrogen (secondary N) is 1. The van der Waals surface area contributed by atoms with Crippen LogP contribution in [0.4, 0.5) is 5.69 Å². The summed E-state index contributed by atoms with van der Waals surface area (Å²) in [7, 11) is 0. The Kier molecular flexibility index (Phi) is 6.36. The molecule has 140 valence electrons. The first-order chi connectivity index (χ1) is 13.0. The van der Waals surface area contributed by atoms with Crippen molar-refractivity contribution in [2.45, 2.75) is 13.5 Å². The maximum Gasteiger partial charge on any atom is 0.316 e. The molecule has 0 atom stereocenters. The highest BCUT2D eigenvalue weighted by Gasteiger charge is 2.09. The number of fused-ring (bicyclic) bond motifs is 1. The van der Waals surface area contributed by atoms with Crippen molar-refractivity contribution < 1.29 is 14.3 Å². The minimum absolute atomic E-state index is 0.0776. The van der Waals surface area contributed by atoms with E-state index in [-0.39, 0.29) is 24.0 Å². The molecule has 1 amide bonds. The standard InChI is InChI=1S/C19H18ClN3O3S/c1-13-3-2-4-15(7-13)22-18(24)11-27-12-19(25)26-10-16-9-23-8-14(20)5-6-17(23)21-16/h2-9H,10-12H2,1H3,(H,22,24). The third kappa shape index (κ3) is 5.74. The predicted molar refractivity (Wildman–Crippen MR) is 107 cm³/mol. The van der Waals surface area contributed by atoms with Crippen LogP contribution in [0.25, 0.3) is 5.65 Å². The summed E-state index contributed by atoms with van der Waals surface area (Å²) in [6, 6.07) is 11.1. The zero-order valence-electron chi connectivity index (χ0n) is 14.6. The number of aromatic nitrogens is 2. The second kappa shape index (κ2) is 8.92. The van der Waals surface area contributed by atoms with Gasteiger partial charge in [-0.25, -0.2) is 4.98 Å². The topological polar surface area (TPSA) is 72.7 Å². The highest BCUT2D eigenvalue weighted by Crippen LogP contribution is 2.13. The summed E-state index contributed by atoms with van der Waals surface area (Å²) in [6.45, 7) is 2.03. The van der Waals surface area contributed by atoms with Crippen LogP contribution in [0.2, 0.25) is 5.02 Å². The fraction of sp³-hybridized carbons (Fsp3) is 0.211. The highest BCUT2D eigenvalue weighted by molar-refractivity contribution is 8.00. The van der Waals surface area contributed by atoms with Crippen molar-refractivity contribution in [3.8, 4) is 0 Å². The molecular weight excluding hydrogens is 386 g/mol. The maximum atomic E-state index is 11.9. The van der Waals surface area contributed by atoms with Gasteiger partial charge < -0.3 is 14.5 Å². The fourth-order valence-electron chi connectivity index (χ4n) is 2.43. The third-order valence-electron chi connectivity index (χ3n) is 3.60. The van der Waals surface area contributed by atoms with Crippen LogP contribution in [-0.4, -0.2) is 32.8 Å². The number of hydrogen-bond donors (Lipinski definition) is 1. The maximum absolute atomic E-state index is 11.9. The van der Waals surface area contributed by atoms with Gasteiger partial charge in [0.25, 0.3) is 0 Å². The quantitative estimate of drug-likeness (QED) is 0.609. The summed E-state index contributed by atoms with van der Waals surface area (Å²) in [5, 5.41) is 3.40. The lowest BCUT2D eigenvalue weighted by molar-refractivity contribution is -0.141. The predicted octanol–water partition coefficient (Wildman–Crippen LogP) is 3.71. The second-order valence-electron chi connectivity index (χ2n) is 5.92. The van der Waals surface area contributed by atoms with E-state index in [2.05, 4.69) is 10.3 Å². The Morgan fingerprint density at radius 3 is 2.89 bits per heavy atom. The Bertz CT molecular complexity index is 974. The largest absolute Gasteiger partial charge is 0.458 e. The van der Waals surface area contributed by atoms with Gasteiger partial charge in [-0.1, -0.05) is 23.7 Å². The van der Waals surface area contributed by atoms with Crippen molar-refractivity contribution in [3.05, 3.63) is 65.1 Å². The third-order valence-corrected chi connectivity index (χ3v) is 4.73. The molecule has 0 aliphatic heterocycles. The second-order valence-corrected chi connectivity index (χ2v) is 7.34. The number of hydrogen-bond acceptors (Lipinski definition) is 5. The number of amides is 1. The average molecular weight is 404 g/mol. The molecule has 0 radical (unpaired) electrons. The minimum atomic E-state index is -0.390. The van der Waals surface area contributed by atoms with Gasteiger partial charge in [0, 0.05) is 18.1 Å². The molecule has 0 aliphatic rings. The smallest absolute Gasteiger partial charge is 0.316 e. The van der Waals surface area contributed by atoms with E-state index in [0.717, 1.165) is 16.9 Å². The number of imidazole rings is 1. The van der Waals surface area contributed by atoms with Crippen LogP contribution in [0.1, 0.15) is 11.3 Å². The Balaban J connectivity index is 1.39. The number of carbonyl (C=O) groups excluding carboxylic acids is 2. The summed E-state index contributed by atoms with van der Waals surface area (Å²) in [5.41, 5.74) is 3.17. The average Bonchev–Trinajstić information content (AvgIpc) is 3.02. The lowest BCUT2D eigenvalue weighted by Gasteiger charge is -2.06. The molecule has 27 heavy (non-hydrogen) atoms. The monoisotopic (exact) mass is 403 g/mol. The van der Waals surface area contributed by atoms with Crippen molar-refractivity contribution in [1.29, 1.82) is 0 Å². The van der Waals surface area contributed by atoms with Gasteiger partial charge in [-0.15, -0.1) is 11.8 Å². The number of pyridine rings is 1. The van der Waals surface area contributed by atoms with Gasteiger partial charge in [0.05, 0.1) is 22.2 Å². The van der Waals surface area contributed by atoms with E-state index in [1.165, 1.54) is 11.8 Å². The fourth-order valence-corrected chi connectivity index (χ4v) is 3.21. The van der Waals surface area contributed by atoms with Gasteiger partial charge in [0.2, 0.25) is 5.91 Å². The number of aryl methyl sites for hydroxylation is 1. The minimum Gasteiger partial charge on any atom is -0.458 e. The number of carbonyl (C=O) groups is 2. The van der Waals surface area contributed by atoms with Gasteiger partial charge in [-0.2, -0.15) is 0 Å². The number of esters is 1. The lowest BCUT2D eigenvalue weighted by Crippen LogP contribution is -2.16. The molecule has 0 fully saturated rings. The molecule has 0 spiro atoms. The Morgan fingerprint density at radius 2 is 2.07 bits per heavy atom. The van der Waals surface area contributed by atoms with Crippen LogP contribution >= 0.6 is 23.4 Å². The van der Waals surface area contributed by atoms with Gasteiger partial charge in [0.15, 0.2) is 0 Å². The van der Waals surface area contributed by atoms with Crippen molar-refractivity contribution in [2.75, 3.05) is 16.8 Å². The molecule has 1 N–H and O–H groups in total. The van der Waals surface area contributed by atoms with Crippen molar-refractivity contribution in [2.24, 2.45) is 0 Å². The molecular formula is C19H18ClN3O3S. The normalized spacial score (nSPS) is 10.7. The Morgan fingerprint density at radius 1 is 1.22 bits per heavy atom. The Labute approximate surface area is 165 Å². The van der Waals surface area contributed by atoms with Crippen molar-refractivity contribution in [1.82, 2.24) is 9.38 Å². The van der Waals surface area contributed by atoms with Crippen LogP contribution in [0.5, 0.6) is 0 Å². The van der Waals surface area contributed by atoms with E-state index in [0.29, 0.717) is 10.7 Å². The lowest BCUT2D eigenvalue weighted by atomic mass is 10.2. The number of benzene rings is 1. The molecule has 0 saturated carbocycles. The van der Waals surface area contributed by atoms with E-state index >= 15 is 0 Å². The van der Waals surface area contributed by atoms with E-state index in [1.54, 1.807) is 28.9 Å². The SMILES string of the molecule is Cc1cccc(NC(=O)CSCC(=O)OCc2cn3cc(Cl)ccc3n2)c1. The summed E-state index contributed by atoms with van der Waals surface area (Å²) in [4.78, 5) is 28.1. The number of rotatable bonds is 7. The van der Waals surface area contributed by atoms with Crippen LogP contribution in [0.3, 0.4) is 0 Å². The Hall–Kier alpha value is -2.51. The van der Waals surface area contributed by atoms with Crippen LogP contribution in [-0.2, 0) is 20.9 Å². The van der Waals surface area contributed by atoms with E-state index in [1.807, 2.05) is 31.2 Å². The molecule has 6 nitrogen and oxygen atoms in total. The molecule has 0 unspecified atom stereocenters. The first-order valence-corrected chi connectivity index (χ1v) is 9.76. The number of nitrogens with zero attached hydrogens (tertiary/aromatic N) is 2. The first-order valence-electron chi connectivity index (χ1n) is 8.22. The molecule has 1 aromatic carbocycles. The van der Waals surface area contributed by atoms with E-state index in [9.17, 15) is 9.59 Å². The van der Waals surface area contributed by atoms with Gasteiger partial charge in [0.1, 0.15) is 12.3 Å². The number of thioether (sulfide) groups is 1. The molecule has 2 aromatic heterocycles. The molecule has 2 heterocycles. The van der Waals surface area contributed by atoms with Crippen molar-refractivity contribution in [3.63, 3.8) is 0 Å². The summed E-state index contributed by atoms with van der Waals surface area (Å²) in [6.07, 6.45) is 3.49. The highest BCUT2D eigenvalue weighted by atomic mass is 35.5. The van der Waals surface area contributed by atoms with Crippen molar-refractivity contribution >= 4 is 46.6 Å². The van der Waals surface area contributed by atoms with Gasteiger partial charge in [-0.05, 0) is 36.8 Å². The van der Waals surface area contributed by atoms with Gasteiger partial charge in [-0.3, -0.25) is 9.59 Å². The molecule has 3 rings (SSSR count). The zero-order chi connectivity index (χ0) is 19.2. The summed E-state index contributed by atoms with van der Waals surface area (Å²) in [5.74, 6) is -0.273. The molecule has 0 aliphatic carbocycles. The number of anilines is 1. The number of ether oxygens (including phenoxy) is 1. The zero-order valence-corrected chi connectivity index (χ0v) is 16.2. The van der Waals surface area contributed by atoms with Crippen LogP contribution in [0, 0.1) is 6.92 Å².